The van der Waals surface area contributed by atoms with Gasteiger partial charge in [0.25, 0.3) is 0 Å². The number of hydrogen-bond acceptors (Lipinski definition) is 1. The molecule has 0 radical (unpaired) electrons. The Labute approximate surface area is 90.2 Å². The van der Waals surface area contributed by atoms with Gasteiger partial charge in [-0.25, -0.2) is 0 Å². The van der Waals surface area contributed by atoms with E-state index in [1.165, 1.54) is 51.4 Å². The van der Waals surface area contributed by atoms with Crippen molar-refractivity contribution in [1.82, 2.24) is 0 Å². The summed E-state index contributed by atoms with van der Waals surface area (Å²) in [6, 6.07) is 0. The molecule has 0 saturated carbocycles. The Morgan fingerprint density at radius 2 is 1.57 bits per heavy atom. The van der Waals surface area contributed by atoms with E-state index < -0.39 is 0 Å². The van der Waals surface area contributed by atoms with Gasteiger partial charge < -0.3 is 4.74 Å². The Hall–Kier alpha value is -0.0400. The summed E-state index contributed by atoms with van der Waals surface area (Å²) in [6.07, 6.45) is 10.9. The minimum absolute atomic E-state index is 0.526. The highest BCUT2D eigenvalue weighted by molar-refractivity contribution is 4.56. The summed E-state index contributed by atoms with van der Waals surface area (Å²) in [6.45, 7) is 7.67. The Morgan fingerprint density at radius 1 is 0.857 bits per heavy atom. The molecule has 0 heterocycles. The molecule has 0 unspecified atom stereocenters. The maximum Gasteiger partial charge on any atom is 0.0572 e. The summed E-state index contributed by atoms with van der Waals surface area (Å²) in [7, 11) is 0. The maximum atomic E-state index is 5.81. The van der Waals surface area contributed by atoms with Crippen molar-refractivity contribution in [3.05, 3.63) is 0 Å². The van der Waals surface area contributed by atoms with Gasteiger partial charge in [0.1, 0.15) is 0 Å². The molecule has 0 aromatic heterocycles. The lowest BCUT2D eigenvalue weighted by atomic mass is 10.1. The van der Waals surface area contributed by atoms with Crippen LogP contribution >= 0.6 is 0 Å². The van der Waals surface area contributed by atoms with Crippen LogP contribution < -0.4 is 0 Å². The fourth-order valence-corrected chi connectivity index (χ4v) is 1.60. The minimum atomic E-state index is 0.526. The zero-order valence-corrected chi connectivity index (χ0v) is 10.3. The van der Waals surface area contributed by atoms with Gasteiger partial charge >= 0.3 is 0 Å². The van der Waals surface area contributed by atoms with Gasteiger partial charge in [-0.05, 0) is 19.3 Å². The fourth-order valence-electron chi connectivity index (χ4n) is 1.60. The van der Waals surface area contributed by atoms with Gasteiger partial charge in [0.05, 0.1) is 6.10 Å². The molecule has 0 spiro atoms. The fraction of sp³-hybridized carbons (Fsp3) is 1.00. The SMILES string of the molecule is CCCCCC[C@H](CC)OCCCC. The second-order valence-corrected chi connectivity index (χ2v) is 4.10. The first kappa shape index (κ1) is 14.0. The van der Waals surface area contributed by atoms with Gasteiger partial charge in [-0.1, -0.05) is 52.9 Å². The molecule has 0 amide bonds. The lowest BCUT2D eigenvalue weighted by Gasteiger charge is -2.15. The van der Waals surface area contributed by atoms with Crippen LogP contribution in [0.2, 0.25) is 0 Å². The molecule has 14 heavy (non-hydrogen) atoms. The van der Waals surface area contributed by atoms with Crippen molar-refractivity contribution >= 4 is 0 Å². The Kier molecular flexibility index (Phi) is 11.0. The zero-order chi connectivity index (χ0) is 10.6. The molecule has 0 bridgehead atoms. The smallest absolute Gasteiger partial charge is 0.0572 e. The first-order valence-electron chi connectivity index (χ1n) is 6.46. The van der Waals surface area contributed by atoms with E-state index in [-0.39, 0.29) is 0 Å². The van der Waals surface area contributed by atoms with E-state index >= 15 is 0 Å². The molecule has 0 fully saturated rings. The topological polar surface area (TPSA) is 9.23 Å². The standard InChI is InChI=1S/C13H28O/c1-4-7-9-10-11-13(6-3)14-12-8-5-2/h13H,4-12H2,1-3H3/t13-/m0/s1. The second kappa shape index (κ2) is 11.0. The summed E-state index contributed by atoms with van der Waals surface area (Å²) in [5.41, 5.74) is 0. The predicted octanol–water partition coefficient (Wildman–Crippen LogP) is 4.55. The molecule has 0 aromatic carbocycles. The van der Waals surface area contributed by atoms with Crippen molar-refractivity contribution in [2.75, 3.05) is 6.61 Å². The van der Waals surface area contributed by atoms with Gasteiger partial charge in [0, 0.05) is 6.61 Å². The van der Waals surface area contributed by atoms with E-state index in [1.807, 2.05) is 0 Å². The summed E-state index contributed by atoms with van der Waals surface area (Å²) in [5, 5.41) is 0. The summed E-state index contributed by atoms with van der Waals surface area (Å²) in [5.74, 6) is 0. The van der Waals surface area contributed by atoms with E-state index in [0.717, 1.165) is 6.61 Å². The van der Waals surface area contributed by atoms with Crippen molar-refractivity contribution in [3.63, 3.8) is 0 Å². The number of unbranched alkanes of at least 4 members (excludes halogenated alkanes) is 4. The maximum absolute atomic E-state index is 5.81. The average molecular weight is 200 g/mol. The Morgan fingerprint density at radius 3 is 2.14 bits per heavy atom. The van der Waals surface area contributed by atoms with Gasteiger partial charge in [-0.15, -0.1) is 0 Å². The van der Waals surface area contributed by atoms with Crippen LogP contribution in [0.5, 0.6) is 0 Å². The van der Waals surface area contributed by atoms with E-state index in [4.69, 9.17) is 4.74 Å². The molecule has 0 aromatic rings. The van der Waals surface area contributed by atoms with Crippen LogP contribution in [0.25, 0.3) is 0 Å². The van der Waals surface area contributed by atoms with Gasteiger partial charge in [0.2, 0.25) is 0 Å². The van der Waals surface area contributed by atoms with E-state index in [2.05, 4.69) is 20.8 Å². The molecule has 0 rings (SSSR count). The molecule has 0 saturated heterocycles. The number of rotatable bonds is 10. The third-order valence-corrected chi connectivity index (χ3v) is 2.69. The van der Waals surface area contributed by atoms with Crippen LogP contribution in [-0.2, 0) is 4.74 Å². The van der Waals surface area contributed by atoms with Crippen molar-refractivity contribution in [3.8, 4) is 0 Å². The van der Waals surface area contributed by atoms with Crippen molar-refractivity contribution in [2.24, 2.45) is 0 Å². The molecule has 0 N–H and O–H groups in total. The number of ether oxygens (including phenoxy) is 1. The third kappa shape index (κ3) is 8.55. The molecule has 1 nitrogen and oxygen atoms in total. The Balaban J connectivity index is 3.28. The molecular formula is C13H28O. The molecule has 0 aliphatic carbocycles. The lowest BCUT2D eigenvalue weighted by molar-refractivity contribution is 0.0414. The summed E-state index contributed by atoms with van der Waals surface area (Å²) in [4.78, 5) is 0. The third-order valence-electron chi connectivity index (χ3n) is 2.69. The average Bonchev–Trinajstić information content (AvgIpc) is 2.22. The molecular weight excluding hydrogens is 172 g/mol. The molecule has 86 valence electrons. The first-order valence-corrected chi connectivity index (χ1v) is 6.46. The highest BCUT2D eigenvalue weighted by Gasteiger charge is 2.05. The summed E-state index contributed by atoms with van der Waals surface area (Å²) >= 11 is 0. The normalized spacial score (nSPS) is 13.1. The largest absolute Gasteiger partial charge is 0.378 e. The van der Waals surface area contributed by atoms with E-state index in [9.17, 15) is 0 Å². The Bertz CT molecular complexity index is 101. The van der Waals surface area contributed by atoms with E-state index in [0.29, 0.717) is 6.10 Å². The van der Waals surface area contributed by atoms with Gasteiger partial charge in [0.15, 0.2) is 0 Å². The zero-order valence-electron chi connectivity index (χ0n) is 10.3. The van der Waals surface area contributed by atoms with Crippen LogP contribution in [0.1, 0.15) is 72.1 Å². The van der Waals surface area contributed by atoms with Crippen LogP contribution in [0.4, 0.5) is 0 Å². The van der Waals surface area contributed by atoms with Crippen molar-refractivity contribution < 1.29 is 4.74 Å². The van der Waals surface area contributed by atoms with Crippen LogP contribution in [-0.4, -0.2) is 12.7 Å². The van der Waals surface area contributed by atoms with Crippen LogP contribution in [0.15, 0.2) is 0 Å². The van der Waals surface area contributed by atoms with Gasteiger partial charge in [-0.3, -0.25) is 0 Å². The van der Waals surface area contributed by atoms with Crippen molar-refractivity contribution in [2.45, 2.75) is 78.2 Å². The highest BCUT2D eigenvalue weighted by atomic mass is 16.5. The van der Waals surface area contributed by atoms with Crippen molar-refractivity contribution in [1.29, 1.82) is 0 Å². The quantitative estimate of drug-likeness (QED) is 0.470. The highest BCUT2D eigenvalue weighted by Crippen LogP contribution is 2.11. The van der Waals surface area contributed by atoms with Crippen LogP contribution in [0, 0.1) is 0 Å². The number of hydrogen-bond donors (Lipinski definition) is 0. The first-order chi connectivity index (χ1) is 6.85. The lowest BCUT2D eigenvalue weighted by Crippen LogP contribution is -2.12. The molecule has 1 heteroatoms. The van der Waals surface area contributed by atoms with Gasteiger partial charge in [-0.2, -0.15) is 0 Å². The monoisotopic (exact) mass is 200 g/mol. The minimum Gasteiger partial charge on any atom is -0.378 e. The van der Waals surface area contributed by atoms with Crippen LogP contribution in [0.3, 0.4) is 0 Å². The molecule has 1 atom stereocenters. The molecule has 0 aliphatic heterocycles. The second-order valence-electron chi connectivity index (χ2n) is 4.10. The predicted molar refractivity (Wildman–Crippen MR) is 63.7 cm³/mol. The summed E-state index contributed by atoms with van der Waals surface area (Å²) < 4.78 is 5.81. The van der Waals surface area contributed by atoms with E-state index in [1.54, 1.807) is 0 Å². The molecule has 0 aliphatic rings.